The number of esters is 1. The third kappa shape index (κ3) is 4.79. The number of H-pyrrole nitrogens is 1. The van der Waals surface area contributed by atoms with Crippen molar-refractivity contribution in [2.45, 2.75) is 11.4 Å². The lowest BCUT2D eigenvalue weighted by Gasteiger charge is -2.24. The number of rotatable bonds is 7. The highest BCUT2D eigenvalue weighted by Gasteiger charge is 2.27. The van der Waals surface area contributed by atoms with Gasteiger partial charge in [-0.15, -0.1) is 0 Å². The molecule has 2 aromatic rings. The molecule has 162 valence electrons. The van der Waals surface area contributed by atoms with Crippen LogP contribution in [-0.4, -0.2) is 68.4 Å². The van der Waals surface area contributed by atoms with Crippen molar-refractivity contribution in [1.82, 2.24) is 14.6 Å². The van der Waals surface area contributed by atoms with Gasteiger partial charge in [0.25, 0.3) is 5.91 Å². The second-order valence-electron chi connectivity index (χ2n) is 6.47. The summed E-state index contributed by atoms with van der Waals surface area (Å²) in [6, 6.07) is 6.23. The highest BCUT2D eigenvalue weighted by molar-refractivity contribution is 7.99. The van der Waals surface area contributed by atoms with Crippen LogP contribution in [0.2, 0.25) is 0 Å². The third-order valence-corrected chi connectivity index (χ3v) is 7.45. The van der Waals surface area contributed by atoms with E-state index in [1.165, 1.54) is 30.8 Å². The van der Waals surface area contributed by atoms with Crippen LogP contribution in [0.25, 0.3) is 0 Å². The van der Waals surface area contributed by atoms with E-state index in [1.54, 1.807) is 30.0 Å². The van der Waals surface area contributed by atoms with E-state index >= 15 is 0 Å². The van der Waals surface area contributed by atoms with E-state index in [4.69, 9.17) is 9.47 Å². The molecule has 1 aromatic carbocycles. The SMILES string of the molecule is COC(=O)c1cc(CNC(=O)c2cc(S(=O)(=O)N3CCSCC3)c[nH]2)ccc1OC. The summed E-state index contributed by atoms with van der Waals surface area (Å²) in [5, 5.41) is 2.71. The van der Waals surface area contributed by atoms with Crippen molar-refractivity contribution < 1.29 is 27.5 Å². The first-order valence-electron chi connectivity index (χ1n) is 9.16. The Balaban J connectivity index is 1.68. The van der Waals surface area contributed by atoms with Gasteiger partial charge in [0, 0.05) is 37.3 Å². The molecule has 11 heteroatoms. The van der Waals surface area contributed by atoms with Gasteiger partial charge in [0.05, 0.1) is 14.2 Å². The molecule has 1 aliphatic rings. The zero-order valence-electron chi connectivity index (χ0n) is 16.6. The number of carbonyl (C=O) groups is 2. The summed E-state index contributed by atoms with van der Waals surface area (Å²) in [7, 11) is -0.903. The van der Waals surface area contributed by atoms with Gasteiger partial charge in [0.15, 0.2) is 0 Å². The summed E-state index contributed by atoms with van der Waals surface area (Å²) in [5.74, 6) is 0.877. The molecule has 0 bridgehead atoms. The fraction of sp³-hybridized carbons (Fsp3) is 0.368. The Morgan fingerprint density at radius 2 is 1.93 bits per heavy atom. The molecule has 1 saturated heterocycles. The summed E-state index contributed by atoms with van der Waals surface area (Å²) >= 11 is 1.72. The second-order valence-corrected chi connectivity index (χ2v) is 9.64. The average Bonchev–Trinajstić information content (AvgIpc) is 3.28. The van der Waals surface area contributed by atoms with Crippen LogP contribution in [0, 0.1) is 0 Å². The van der Waals surface area contributed by atoms with Gasteiger partial charge in [-0.3, -0.25) is 4.79 Å². The van der Waals surface area contributed by atoms with E-state index in [0.717, 1.165) is 11.5 Å². The van der Waals surface area contributed by atoms with Crippen molar-refractivity contribution in [2.75, 3.05) is 38.8 Å². The number of hydrogen-bond acceptors (Lipinski definition) is 7. The average molecular weight is 454 g/mol. The molecule has 2 N–H and O–H groups in total. The fourth-order valence-corrected chi connectivity index (χ4v) is 5.57. The largest absolute Gasteiger partial charge is 0.496 e. The predicted molar refractivity (Wildman–Crippen MR) is 112 cm³/mol. The number of hydrogen-bond donors (Lipinski definition) is 2. The van der Waals surface area contributed by atoms with Crippen molar-refractivity contribution in [3.05, 3.63) is 47.3 Å². The van der Waals surface area contributed by atoms with Gasteiger partial charge in [-0.1, -0.05) is 6.07 Å². The molecular weight excluding hydrogens is 430 g/mol. The predicted octanol–water partition coefficient (Wildman–Crippen LogP) is 1.48. The monoisotopic (exact) mass is 453 g/mol. The Labute approximate surface area is 179 Å². The number of ether oxygens (including phenoxy) is 2. The minimum absolute atomic E-state index is 0.0666. The van der Waals surface area contributed by atoms with Crippen LogP contribution in [0.4, 0.5) is 0 Å². The topological polar surface area (TPSA) is 118 Å². The second kappa shape index (κ2) is 9.54. The van der Waals surface area contributed by atoms with Gasteiger partial charge >= 0.3 is 5.97 Å². The number of aromatic nitrogens is 1. The Morgan fingerprint density at radius 3 is 2.60 bits per heavy atom. The lowest BCUT2D eigenvalue weighted by molar-refractivity contribution is 0.0597. The van der Waals surface area contributed by atoms with Gasteiger partial charge < -0.3 is 19.8 Å². The van der Waals surface area contributed by atoms with Crippen molar-refractivity contribution >= 4 is 33.7 Å². The van der Waals surface area contributed by atoms with Gasteiger partial charge in [0.2, 0.25) is 10.0 Å². The maximum atomic E-state index is 12.7. The highest BCUT2D eigenvalue weighted by Crippen LogP contribution is 2.22. The Kier molecular flexibility index (Phi) is 7.06. The first-order chi connectivity index (χ1) is 14.4. The molecular formula is C19H23N3O6S2. The van der Waals surface area contributed by atoms with Gasteiger partial charge in [-0.2, -0.15) is 16.1 Å². The number of aromatic amines is 1. The zero-order valence-corrected chi connectivity index (χ0v) is 18.3. The van der Waals surface area contributed by atoms with Crippen molar-refractivity contribution in [1.29, 1.82) is 0 Å². The minimum Gasteiger partial charge on any atom is -0.496 e. The number of amides is 1. The zero-order chi connectivity index (χ0) is 21.7. The van der Waals surface area contributed by atoms with E-state index in [9.17, 15) is 18.0 Å². The van der Waals surface area contributed by atoms with Crippen LogP contribution >= 0.6 is 11.8 Å². The Hall–Kier alpha value is -2.50. The highest BCUT2D eigenvalue weighted by atomic mass is 32.2. The summed E-state index contributed by atoms with van der Waals surface area (Å²) < 4.78 is 36.7. The van der Waals surface area contributed by atoms with Gasteiger partial charge in [-0.05, 0) is 23.8 Å². The van der Waals surface area contributed by atoms with E-state index in [2.05, 4.69) is 10.3 Å². The lowest BCUT2D eigenvalue weighted by Crippen LogP contribution is -2.37. The first kappa shape index (κ1) is 22.2. The molecule has 1 aromatic heterocycles. The smallest absolute Gasteiger partial charge is 0.341 e. The number of carbonyl (C=O) groups excluding carboxylic acids is 2. The van der Waals surface area contributed by atoms with E-state index in [-0.39, 0.29) is 22.7 Å². The maximum absolute atomic E-state index is 12.7. The number of thioether (sulfide) groups is 1. The fourth-order valence-electron chi connectivity index (χ4n) is 3.00. The van der Waals surface area contributed by atoms with Crippen LogP contribution in [0.1, 0.15) is 26.4 Å². The Bertz CT molecular complexity index is 1030. The van der Waals surface area contributed by atoms with E-state index in [1.807, 2.05) is 0 Å². The van der Waals surface area contributed by atoms with Gasteiger partial charge in [-0.25, -0.2) is 13.2 Å². The molecule has 1 fully saturated rings. The maximum Gasteiger partial charge on any atom is 0.341 e. The third-order valence-electron chi connectivity index (χ3n) is 4.63. The van der Waals surface area contributed by atoms with Crippen molar-refractivity contribution in [3.8, 4) is 5.75 Å². The standard InChI is InChI=1S/C19H23N3O6S2/c1-27-17-4-3-13(9-15(17)19(24)28-2)11-21-18(23)16-10-14(12-20-16)30(25,26)22-5-7-29-8-6-22/h3-4,9-10,12,20H,5-8,11H2,1-2H3,(H,21,23). The van der Waals surface area contributed by atoms with Crippen LogP contribution in [-0.2, 0) is 21.3 Å². The quantitative estimate of drug-likeness (QED) is 0.610. The van der Waals surface area contributed by atoms with Crippen molar-refractivity contribution in [2.24, 2.45) is 0 Å². The molecule has 0 spiro atoms. The van der Waals surface area contributed by atoms with Crippen LogP contribution < -0.4 is 10.1 Å². The molecule has 1 aliphatic heterocycles. The Morgan fingerprint density at radius 1 is 1.20 bits per heavy atom. The molecule has 0 atom stereocenters. The molecule has 30 heavy (non-hydrogen) atoms. The number of nitrogens with one attached hydrogen (secondary N) is 2. The summed E-state index contributed by atoms with van der Waals surface area (Å²) in [6.45, 7) is 1.05. The molecule has 0 saturated carbocycles. The number of benzene rings is 1. The van der Waals surface area contributed by atoms with E-state index in [0.29, 0.717) is 24.4 Å². The normalized spacial score (nSPS) is 14.9. The lowest BCUT2D eigenvalue weighted by atomic mass is 10.1. The summed E-state index contributed by atoms with van der Waals surface area (Å²) in [6.07, 6.45) is 1.33. The van der Waals surface area contributed by atoms with Crippen LogP contribution in [0.15, 0.2) is 35.4 Å². The molecule has 2 heterocycles. The van der Waals surface area contributed by atoms with Crippen LogP contribution in [0.5, 0.6) is 5.75 Å². The number of sulfonamides is 1. The molecule has 0 aliphatic carbocycles. The molecule has 9 nitrogen and oxygen atoms in total. The molecule has 0 unspecified atom stereocenters. The molecule has 0 radical (unpaired) electrons. The van der Waals surface area contributed by atoms with Crippen molar-refractivity contribution in [3.63, 3.8) is 0 Å². The van der Waals surface area contributed by atoms with E-state index < -0.39 is 21.9 Å². The van der Waals surface area contributed by atoms with Gasteiger partial charge in [0.1, 0.15) is 21.9 Å². The number of nitrogens with zero attached hydrogens (tertiary/aromatic N) is 1. The number of methoxy groups -OCH3 is 2. The van der Waals surface area contributed by atoms with Crippen LogP contribution in [0.3, 0.4) is 0 Å². The summed E-state index contributed by atoms with van der Waals surface area (Å²) in [5.41, 5.74) is 1.05. The minimum atomic E-state index is -3.62. The first-order valence-corrected chi connectivity index (χ1v) is 11.8. The molecule has 1 amide bonds. The summed E-state index contributed by atoms with van der Waals surface area (Å²) in [4.78, 5) is 27.1. The molecule has 3 rings (SSSR count).